The van der Waals surface area contributed by atoms with Gasteiger partial charge in [0.15, 0.2) is 5.78 Å². The van der Waals surface area contributed by atoms with Crippen molar-refractivity contribution in [3.8, 4) is 0 Å². The first-order chi connectivity index (χ1) is 14.7. The van der Waals surface area contributed by atoms with E-state index in [1.807, 2.05) is 0 Å². The molecule has 3 unspecified atom stereocenters. The molecule has 0 bridgehead atoms. The summed E-state index contributed by atoms with van der Waals surface area (Å²) in [5.41, 5.74) is 11.7. The maximum atomic E-state index is 12.5. The lowest BCUT2D eigenvalue weighted by atomic mass is 10.0. The molecule has 31 heavy (non-hydrogen) atoms. The number of carboxylic acid groups (broad SMARTS) is 1. The van der Waals surface area contributed by atoms with Crippen molar-refractivity contribution in [3.63, 3.8) is 0 Å². The van der Waals surface area contributed by atoms with E-state index in [1.165, 1.54) is 19.1 Å². The largest absolute Gasteiger partial charge is 0.480 e. The van der Waals surface area contributed by atoms with Gasteiger partial charge in [-0.2, -0.15) is 0 Å². The summed E-state index contributed by atoms with van der Waals surface area (Å²) in [6.45, 7) is 1.79. The zero-order valence-corrected chi connectivity index (χ0v) is 17.3. The summed E-state index contributed by atoms with van der Waals surface area (Å²) in [6, 6.07) is 2.86. The summed E-state index contributed by atoms with van der Waals surface area (Å²) >= 11 is 0. The number of carbonyl (C=O) groups excluding carboxylic acids is 4. The van der Waals surface area contributed by atoms with E-state index in [-0.39, 0.29) is 24.1 Å². The van der Waals surface area contributed by atoms with Gasteiger partial charge in [0, 0.05) is 12.0 Å². The van der Waals surface area contributed by atoms with Gasteiger partial charge >= 0.3 is 5.97 Å². The monoisotopic (exact) mass is 435 g/mol. The van der Waals surface area contributed by atoms with Crippen LogP contribution in [-0.2, 0) is 19.2 Å². The molecule has 11 heteroatoms. The fraction of sp³-hybridized carbons (Fsp3) is 0.450. The van der Waals surface area contributed by atoms with Gasteiger partial charge in [0.25, 0.3) is 0 Å². The predicted molar refractivity (Wildman–Crippen MR) is 113 cm³/mol. The van der Waals surface area contributed by atoms with Gasteiger partial charge in [-0.1, -0.05) is 12.1 Å². The van der Waals surface area contributed by atoms with Crippen LogP contribution in [0.1, 0.15) is 43.0 Å². The Labute approximate surface area is 179 Å². The van der Waals surface area contributed by atoms with Gasteiger partial charge in [-0.05, 0) is 44.9 Å². The summed E-state index contributed by atoms with van der Waals surface area (Å²) in [5, 5.41) is 16.4. The summed E-state index contributed by atoms with van der Waals surface area (Å²) in [4.78, 5) is 59.0. The van der Waals surface area contributed by atoms with Gasteiger partial charge in [0.1, 0.15) is 12.1 Å². The number of carbonyl (C=O) groups is 5. The molecule has 3 atom stereocenters. The lowest BCUT2D eigenvalue weighted by Crippen LogP contribution is -2.53. The molecule has 11 nitrogen and oxygen atoms in total. The lowest BCUT2D eigenvalue weighted by molar-refractivity contribution is -0.142. The number of carboxylic acids is 1. The molecule has 1 aromatic carbocycles. The average molecular weight is 435 g/mol. The molecule has 0 saturated heterocycles. The Morgan fingerprint density at radius 1 is 1.10 bits per heavy atom. The van der Waals surface area contributed by atoms with Crippen molar-refractivity contribution in [2.24, 2.45) is 11.5 Å². The Morgan fingerprint density at radius 2 is 1.77 bits per heavy atom. The quantitative estimate of drug-likeness (QED) is 0.126. The molecule has 0 heterocycles. The minimum atomic E-state index is -1.24. The Balaban J connectivity index is 2.64. The standard InChI is InChI=1S/C20H29N5O6/c1-12(18(28)25-16(20(30)31)8-4-5-9-21)24-19(29)14(22)10-17(27)13-6-2-3-7-15(13)23-11-26/h2-3,6-7,11-12,14,16H,4-5,8-10,21-22H2,1H3,(H,23,26)(H,24,29)(H,25,28)(H,30,31). The second kappa shape index (κ2) is 13.1. The molecule has 0 radical (unpaired) electrons. The molecule has 0 aliphatic heterocycles. The summed E-state index contributed by atoms with van der Waals surface area (Å²) < 4.78 is 0. The second-order valence-corrected chi connectivity index (χ2v) is 6.96. The van der Waals surface area contributed by atoms with E-state index in [4.69, 9.17) is 11.5 Å². The number of Topliss-reactive ketones (excluding diaryl/α,β-unsaturated/α-hetero) is 1. The van der Waals surface area contributed by atoms with Crippen LogP contribution >= 0.6 is 0 Å². The van der Waals surface area contributed by atoms with Crippen LogP contribution in [0, 0.1) is 0 Å². The number of unbranched alkanes of at least 4 members (excludes halogenated alkanes) is 1. The minimum absolute atomic E-state index is 0.199. The highest BCUT2D eigenvalue weighted by molar-refractivity contribution is 6.05. The number of rotatable bonds is 14. The first-order valence-electron chi connectivity index (χ1n) is 9.82. The molecule has 0 aliphatic rings. The zero-order chi connectivity index (χ0) is 23.4. The van der Waals surface area contributed by atoms with Crippen molar-refractivity contribution >= 4 is 35.7 Å². The van der Waals surface area contributed by atoms with Gasteiger partial charge in [-0.25, -0.2) is 4.79 Å². The number of amides is 3. The maximum Gasteiger partial charge on any atom is 0.326 e. The number of nitrogens with two attached hydrogens (primary N) is 2. The van der Waals surface area contributed by atoms with Crippen LogP contribution in [-0.4, -0.2) is 59.8 Å². The van der Waals surface area contributed by atoms with Crippen LogP contribution in [0.25, 0.3) is 0 Å². The fourth-order valence-electron chi connectivity index (χ4n) is 2.75. The highest BCUT2D eigenvalue weighted by Crippen LogP contribution is 2.16. The van der Waals surface area contributed by atoms with Crippen LogP contribution < -0.4 is 27.4 Å². The summed E-state index contributed by atoms with van der Waals surface area (Å²) in [7, 11) is 0. The number of anilines is 1. The lowest BCUT2D eigenvalue weighted by Gasteiger charge is -2.20. The van der Waals surface area contributed by atoms with E-state index in [2.05, 4.69) is 16.0 Å². The molecule has 8 N–H and O–H groups in total. The molecular formula is C20H29N5O6. The van der Waals surface area contributed by atoms with E-state index in [0.717, 1.165) is 0 Å². The van der Waals surface area contributed by atoms with E-state index in [9.17, 15) is 29.1 Å². The van der Waals surface area contributed by atoms with Crippen LogP contribution in [0.4, 0.5) is 5.69 Å². The zero-order valence-electron chi connectivity index (χ0n) is 17.3. The van der Waals surface area contributed by atoms with Crippen molar-refractivity contribution < 1.29 is 29.1 Å². The highest BCUT2D eigenvalue weighted by Gasteiger charge is 2.26. The van der Waals surface area contributed by atoms with Gasteiger partial charge < -0.3 is 32.5 Å². The van der Waals surface area contributed by atoms with Crippen molar-refractivity contribution in [1.29, 1.82) is 0 Å². The maximum absolute atomic E-state index is 12.5. The number of hydrogen-bond donors (Lipinski definition) is 6. The van der Waals surface area contributed by atoms with Crippen molar-refractivity contribution in [2.45, 2.75) is 50.7 Å². The number of nitrogens with one attached hydrogen (secondary N) is 3. The Morgan fingerprint density at radius 3 is 2.39 bits per heavy atom. The molecule has 3 amide bonds. The van der Waals surface area contributed by atoms with Crippen LogP contribution in [0.15, 0.2) is 24.3 Å². The number of para-hydroxylation sites is 1. The molecule has 0 spiro atoms. The second-order valence-electron chi connectivity index (χ2n) is 6.96. The third-order valence-electron chi connectivity index (χ3n) is 4.50. The normalized spacial score (nSPS) is 13.4. The van der Waals surface area contributed by atoms with Gasteiger partial charge in [-0.15, -0.1) is 0 Å². The summed E-state index contributed by atoms with van der Waals surface area (Å²) in [6.07, 6.45) is 1.44. The van der Waals surface area contributed by atoms with Gasteiger partial charge in [0.05, 0.1) is 11.7 Å². The molecule has 0 aromatic heterocycles. The summed E-state index contributed by atoms with van der Waals surface area (Å²) in [5.74, 6) is -3.08. The topological polar surface area (TPSA) is 194 Å². The Bertz CT molecular complexity index is 800. The fourth-order valence-corrected chi connectivity index (χ4v) is 2.75. The van der Waals surface area contributed by atoms with E-state index >= 15 is 0 Å². The van der Waals surface area contributed by atoms with Crippen LogP contribution in [0.5, 0.6) is 0 Å². The molecule has 1 aromatic rings. The Kier molecular flexibility index (Phi) is 10.9. The number of hydrogen-bond acceptors (Lipinski definition) is 7. The first-order valence-corrected chi connectivity index (χ1v) is 9.82. The molecular weight excluding hydrogens is 406 g/mol. The first kappa shape index (κ1) is 25.7. The average Bonchev–Trinajstić information content (AvgIpc) is 2.73. The van der Waals surface area contributed by atoms with Crippen LogP contribution in [0.2, 0.25) is 0 Å². The third kappa shape index (κ3) is 8.52. The number of ketones is 1. The number of benzene rings is 1. The molecule has 170 valence electrons. The van der Waals surface area contributed by atoms with Crippen molar-refractivity contribution in [2.75, 3.05) is 11.9 Å². The van der Waals surface area contributed by atoms with Crippen LogP contribution in [0.3, 0.4) is 0 Å². The molecule has 0 fully saturated rings. The molecule has 0 aliphatic carbocycles. The van der Waals surface area contributed by atoms with Crippen molar-refractivity contribution in [1.82, 2.24) is 10.6 Å². The smallest absolute Gasteiger partial charge is 0.326 e. The van der Waals surface area contributed by atoms with Crippen molar-refractivity contribution in [3.05, 3.63) is 29.8 Å². The minimum Gasteiger partial charge on any atom is -0.480 e. The Hall–Kier alpha value is -3.31. The van der Waals surface area contributed by atoms with E-state index in [1.54, 1.807) is 12.1 Å². The molecule has 1 rings (SSSR count). The van der Waals surface area contributed by atoms with Gasteiger partial charge in [-0.3, -0.25) is 19.2 Å². The third-order valence-corrected chi connectivity index (χ3v) is 4.50. The SMILES string of the molecule is CC(NC(=O)C(N)CC(=O)c1ccccc1NC=O)C(=O)NC(CCCCN)C(=O)O. The molecule has 0 saturated carbocycles. The van der Waals surface area contributed by atoms with E-state index in [0.29, 0.717) is 25.8 Å². The van der Waals surface area contributed by atoms with E-state index < -0.39 is 41.7 Å². The predicted octanol–water partition coefficient (Wildman–Crippen LogP) is -0.642. The highest BCUT2D eigenvalue weighted by atomic mass is 16.4. The van der Waals surface area contributed by atoms with Gasteiger partial charge in [0.2, 0.25) is 18.2 Å². The number of aliphatic carboxylic acids is 1.